The third-order valence-electron chi connectivity index (χ3n) is 3.29. The van der Waals surface area contributed by atoms with Gasteiger partial charge in [0.1, 0.15) is 0 Å². The summed E-state index contributed by atoms with van der Waals surface area (Å²) in [5.41, 5.74) is 2.56. The number of nitrogens with one attached hydrogen (secondary N) is 1. The van der Waals surface area contributed by atoms with Crippen LogP contribution in [0, 0.1) is 6.92 Å². The molecule has 2 rings (SSSR count). The number of carbonyl (C=O) groups is 1. The van der Waals surface area contributed by atoms with Gasteiger partial charge < -0.3 is 10.4 Å². The third-order valence-corrected chi connectivity index (χ3v) is 3.29. The van der Waals surface area contributed by atoms with Gasteiger partial charge >= 0.3 is 5.97 Å². The predicted molar refractivity (Wildman–Crippen MR) is 63.0 cm³/mol. The Bertz CT molecular complexity index is 395. The van der Waals surface area contributed by atoms with Crippen molar-refractivity contribution in [2.45, 2.75) is 25.7 Å². The Hall–Kier alpha value is -1.35. The zero-order chi connectivity index (χ0) is 11.5. The minimum absolute atomic E-state index is 0.415. The number of aryl methyl sites for hydroxylation is 1. The number of carboxylic acids is 1. The summed E-state index contributed by atoms with van der Waals surface area (Å²) in [5, 5.41) is 12.3. The van der Waals surface area contributed by atoms with E-state index in [4.69, 9.17) is 5.11 Å². The van der Waals surface area contributed by atoms with E-state index < -0.39 is 5.97 Å². The molecule has 0 bridgehead atoms. The van der Waals surface area contributed by atoms with E-state index in [9.17, 15) is 4.79 Å². The second-order valence-electron chi connectivity index (χ2n) is 4.40. The number of hydrogen-bond donors (Lipinski definition) is 2. The van der Waals surface area contributed by atoms with Crippen molar-refractivity contribution in [3.8, 4) is 0 Å². The van der Waals surface area contributed by atoms with Gasteiger partial charge in [0, 0.05) is 0 Å². The monoisotopic (exact) mass is 219 g/mol. The molecular weight excluding hydrogens is 202 g/mol. The van der Waals surface area contributed by atoms with Crippen molar-refractivity contribution in [1.29, 1.82) is 0 Å². The van der Waals surface area contributed by atoms with Gasteiger partial charge in [0.25, 0.3) is 0 Å². The van der Waals surface area contributed by atoms with E-state index in [1.807, 2.05) is 19.1 Å². The van der Waals surface area contributed by atoms with Crippen molar-refractivity contribution in [1.82, 2.24) is 5.32 Å². The molecule has 1 aliphatic heterocycles. The average Bonchev–Trinajstić information content (AvgIpc) is 2.29. The number of benzene rings is 1. The molecule has 0 spiro atoms. The van der Waals surface area contributed by atoms with E-state index in [2.05, 4.69) is 5.32 Å². The van der Waals surface area contributed by atoms with Crippen molar-refractivity contribution in [3.63, 3.8) is 0 Å². The fourth-order valence-electron chi connectivity index (χ4n) is 2.34. The Labute approximate surface area is 95.5 Å². The Morgan fingerprint density at radius 2 is 2.06 bits per heavy atom. The summed E-state index contributed by atoms with van der Waals surface area (Å²) in [6.07, 6.45) is 2.29. The first kappa shape index (κ1) is 11.1. The van der Waals surface area contributed by atoms with Gasteiger partial charge in [-0.2, -0.15) is 0 Å². The first-order chi connectivity index (χ1) is 7.68. The molecule has 1 heterocycles. The van der Waals surface area contributed by atoms with Gasteiger partial charge in [-0.3, -0.25) is 0 Å². The maximum atomic E-state index is 10.9. The molecule has 1 saturated heterocycles. The van der Waals surface area contributed by atoms with E-state index >= 15 is 0 Å². The molecule has 0 saturated carbocycles. The van der Waals surface area contributed by atoms with Gasteiger partial charge in [0.05, 0.1) is 5.56 Å². The van der Waals surface area contributed by atoms with Crippen molar-refractivity contribution in [2.24, 2.45) is 0 Å². The topological polar surface area (TPSA) is 49.3 Å². The quantitative estimate of drug-likeness (QED) is 0.801. The molecule has 2 N–H and O–H groups in total. The number of rotatable bonds is 2. The molecule has 1 aliphatic rings. The minimum Gasteiger partial charge on any atom is -0.478 e. The highest BCUT2D eigenvalue weighted by atomic mass is 16.4. The van der Waals surface area contributed by atoms with E-state index in [0.29, 0.717) is 11.5 Å². The molecular formula is C13H17NO2. The normalized spacial score (nSPS) is 17.3. The smallest absolute Gasteiger partial charge is 0.335 e. The van der Waals surface area contributed by atoms with Gasteiger partial charge in [-0.25, -0.2) is 4.79 Å². The molecule has 86 valence electrons. The van der Waals surface area contributed by atoms with Crippen molar-refractivity contribution in [2.75, 3.05) is 13.1 Å². The number of piperidine rings is 1. The first-order valence-corrected chi connectivity index (χ1v) is 5.73. The van der Waals surface area contributed by atoms with Crippen LogP contribution in [0.5, 0.6) is 0 Å². The number of carboxylic acid groups (broad SMARTS) is 1. The highest BCUT2D eigenvalue weighted by molar-refractivity contribution is 5.89. The zero-order valence-corrected chi connectivity index (χ0v) is 9.49. The molecule has 0 amide bonds. The van der Waals surface area contributed by atoms with Crippen LogP contribution in [0.4, 0.5) is 0 Å². The summed E-state index contributed by atoms with van der Waals surface area (Å²) in [5.74, 6) is -0.253. The van der Waals surface area contributed by atoms with Crippen LogP contribution in [0.15, 0.2) is 18.2 Å². The lowest BCUT2D eigenvalue weighted by Crippen LogP contribution is -2.26. The Balaban J connectivity index is 2.23. The lowest BCUT2D eigenvalue weighted by atomic mass is 9.88. The van der Waals surface area contributed by atoms with Crippen LogP contribution in [-0.4, -0.2) is 24.2 Å². The summed E-state index contributed by atoms with van der Waals surface area (Å²) in [4.78, 5) is 10.9. The molecule has 1 aromatic rings. The van der Waals surface area contributed by atoms with Crippen LogP contribution in [-0.2, 0) is 0 Å². The van der Waals surface area contributed by atoms with Crippen molar-refractivity contribution < 1.29 is 9.90 Å². The van der Waals surface area contributed by atoms with Crippen LogP contribution < -0.4 is 5.32 Å². The van der Waals surface area contributed by atoms with E-state index in [0.717, 1.165) is 31.5 Å². The Morgan fingerprint density at radius 1 is 1.38 bits per heavy atom. The zero-order valence-electron chi connectivity index (χ0n) is 9.49. The van der Waals surface area contributed by atoms with Crippen LogP contribution in [0.1, 0.15) is 40.2 Å². The highest BCUT2D eigenvalue weighted by Gasteiger charge is 2.16. The molecule has 0 unspecified atom stereocenters. The van der Waals surface area contributed by atoms with Gasteiger partial charge in [0.2, 0.25) is 0 Å². The summed E-state index contributed by atoms with van der Waals surface area (Å²) in [7, 11) is 0. The van der Waals surface area contributed by atoms with Gasteiger partial charge in [-0.15, -0.1) is 0 Å². The summed E-state index contributed by atoms with van der Waals surface area (Å²) in [6.45, 7) is 3.99. The molecule has 3 heteroatoms. The predicted octanol–water partition coefficient (Wildman–Crippen LogP) is 2.16. The molecule has 0 atom stereocenters. The maximum absolute atomic E-state index is 10.9. The molecule has 0 aromatic heterocycles. The van der Waals surface area contributed by atoms with Crippen molar-refractivity contribution >= 4 is 5.97 Å². The first-order valence-electron chi connectivity index (χ1n) is 5.73. The van der Waals surface area contributed by atoms with Crippen LogP contribution >= 0.6 is 0 Å². The SMILES string of the molecule is Cc1cc(C2CCNCC2)ccc1C(=O)O. The lowest BCUT2D eigenvalue weighted by Gasteiger charge is -2.23. The Kier molecular flexibility index (Phi) is 3.25. The molecule has 16 heavy (non-hydrogen) atoms. The minimum atomic E-state index is -0.839. The molecule has 3 nitrogen and oxygen atoms in total. The number of aromatic carboxylic acids is 1. The average molecular weight is 219 g/mol. The van der Waals surface area contributed by atoms with Crippen LogP contribution in [0.25, 0.3) is 0 Å². The molecule has 0 radical (unpaired) electrons. The summed E-state index contributed by atoms with van der Waals surface area (Å²) in [6, 6.07) is 5.72. The van der Waals surface area contributed by atoms with E-state index in [1.165, 1.54) is 5.56 Å². The fraction of sp³-hybridized carbons (Fsp3) is 0.462. The van der Waals surface area contributed by atoms with E-state index in [1.54, 1.807) is 6.07 Å². The largest absolute Gasteiger partial charge is 0.478 e. The molecule has 1 fully saturated rings. The van der Waals surface area contributed by atoms with Crippen LogP contribution in [0.3, 0.4) is 0 Å². The van der Waals surface area contributed by atoms with E-state index in [-0.39, 0.29) is 0 Å². The Morgan fingerprint density at radius 3 is 2.62 bits per heavy atom. The second kappa shape index (κ2) is 4.66. The fourth-order valence-corrected chi connectivity index (χ4v) is 2.34. The highest BCUT2D eigenvalue weighted by Crippen LogP contribution is 2.26. The van der Waals surface area contributed by atoms with Crippen molar-refractivity contribution in [3.05, 3.63) is 34.9 Å². The second-order valence-corrected chi connectivity index (χ2v) is 4.40. The van der Waals surface area contributed by atoms with Gasteiger partial charge in [0.15, 0.2) is 0 Å². The summed E-state index contributed by atoms with van der Waals surface area (Å²) >= 11 is 0. The van der Waals surface area contributed by atoms with Gasteiger partial charge in [-0.05, 0) is 56.0 Å². The maximum Gasteiger partial charge on any atom is 0.335 e. The number of hydrogen-bond acceptors (Lipinski definition) is 2. The summed E-state index contributed by atoms with van der Waals surface area (Å²) < 4.78 is 0. The third kappa shape index (κ3) is 2.25. The molecule has 1 aromatic carbocycles. The molecule has 0 aliphatic carbocycles. The van der Waals surface area contributed by atoms with Crippen LogP contribution in [0.2, 0.25) is 0 Å². The standard InChI is InChI=1S/C13H17NO2/c1-9-8-11(2-3-12(9)13(15)16)10-4-6-14-7-5-10/h2-3,8,10,14H,4-7H2,1H3,(H,15,16). The lowest BCUT2D eigenvalue weighted by molar-refractivity contribution is 0.0696. The van der Waals surface area contributed by atoms with Gasteiger partial charge in [-0.1, -0.05) is 12.1 Å².